The summed E-state index contributed by atoms with van der Waals surface area (Å²) in [6.07, 6.45) is -12.7. The van der Waals surface area contributed by atoms with Gasteiger partial charge in [-0.25, -0.2) is 0 Å². The van der Waals surface area contributed by atoms with Gasteiger partial charge in [0, 0.05) is 16.2 Å². The Bertz CT molecular complexity index is 1760. The Morgan fingerprint density at radius 2 is 1.34 bits per heavy atom. The van der Waals surface area contributed by atoms with E-state index in [1.165, 1.54) is 11.1 Å². The maximum Gasteiger partial charge on any atom is 0.187 e. The summed E-state index contributed by atoms with van der Waals surface area (Å²) in [6, 6.07) is 0. The molecule has 23 unspecified atom stereocenters. The van der Waals surface area contributed by atoms with E-state index in [2.05, 4.69) is 46.8 Å². The molecule has 6 fully saturated rings. The first kappa shape index (κ1) is 49.2. The molecule has 5 aliphatic carbocycles. The molecule has 17 heteroatoms. The molecule has 17 nitrogen and oxygen atoms in total. The van der Waals surface area contributed by atoms with Gasteiger partial charge in [0.1, 0.15) is 61.0 Å². The van der Waals surface area contributed by atoms with E-state index < -0.39 is 122 Å². The predicted molar refractivity (Wildman–Crippen MR) is 225 cm³/mol. The largest absolute Gasteiger partial charge is 0.396 e. The van der Waals surface area contributed by atoms with Crippen molar-refractivity contribution in [2.24, 2.45) is 44.3 Å². The molecule has 23 atom stereocenters. The minimum atomic E-state index is -1.82. The normalized spacial score (nSPS) is 55.0. The first-order valence-electron chi connectivity index (χ1n) is 23.6. The molecular weight excluding hydrogens is 837 g/mol. The van der Waals surface area contributed by atoms with Gasteiger partial charge in [-0.1, -0.05) is 59.3 Å². The van der Waals surface area contributed by atoms with Gasteiger partial charge in [-0.15, -0.1) is 0 Å². The van der Waals surface area contributed by atoms with Crippen LogP contribution < -0.4 is 0 Å². The highest BCUT2D eigenvalue weighted by molar-refractivity contribution is 5.47. The van der Waals surface area contributed by atoms with Crippen molar-refractivity contribution < 1.29 is 84.6 Å². The number of hydrogen-bond donors (Lipinski definition) is 11. The molecule has 0 aromatic rings. The van der Waals surface area contributed by atoms with Gasteiger partial charge in [-0.2, -0.15) is 0 Å². The van der Waals surface area contributed by atoms with Crippen molar-refractivity contribution in [2.75, 3.05) is 26.4 Å². The highest BCUT2D eigenvalue weighted by atomic mass is 16.8. The fourth-order valence-electron chi connectivity index (χ4n) is 14.2. The van der Waals surface area contributed by atoms with Crippen molar-refractivity contribution in [3.8, 4) is 0 Å². The average Bonchev–Trinajstić information content (AvgIpc) is 3.24. The number of aliphatic hydroxyl groups excluding tert-OH is 11. The molecule has 0 spiro atoms. The molecule has 0 amide bonds. The van der Waals surface area contributed by atoms with Crippen LogP contribution in [0, 0.1) is 44.3 Å². The van der Waals surface area contributed by atoms with Gasteiger partial charge in [0.05, 0.1) is 44.7 Å². The van der Waals surface area contributed by atoms with Crippen molar-refractivity contribution in [1.82, 2.24) is 0 Å². The molecule has 0 bridgehead atoms. The number of hydrogen-bond acceptors (Lipinski definition) is 17. The Hall–Kier alpha value is -1.20. The maximum atomic E-state index is 12.1. The van der Waals surface area contributed by atoms with Crippen molar-refractivity contribution in [1.29, 1.82) is 0 Å². The number of aliphatic hydroxyl groups is 11. The molecule has 3 saturated carbocycles. The lowest BCUT2D eigenvalue weighted by atomic mass is 9.35. The van der Waals surface area contributed by atoms with E-state index in [9.17, 15) is 56.2 Å². The molecule has 3 aliphatic heterocycles. The fraction of sp³-hybridized carbons (Fsp3) is 0.915. The third-order valence-electron chi connectivity index (χ3n) is 18.6. The Labute approximate surface area is 376 Å². The highest BCUT2D eigenvalue weighted by Gasteiger charge is 2.69. The fourth-order valence-corrected chi connectivity index (χ4v) is 14.2. The van der Waals surface area contributed by atoms with E-state index in [4.69, 9.17) is 28.4 Å². The van der Waals surface area contributed by atoms with E-state index in [1.54, 1.807) is 6.92 Å². The lowest BCUT2D eigenvalue weighted by molar-refractivity contribution is -0.393. The van der Waals surface area contributed by atoms with E-state index >= 15 is 0 Å². The summed E-state index contributed by atoms with van der Waals surface area (Å²) in [5, 5.41) is 120. The number of allylic oxidation sites excluding steroid dienone is 3. The Balaban J connectivity index is 1.08. The molecule has 0 aromatic heterocycles. The minimum absolute atomic E-state index is 0.0430. The van der Waals surface area contributed by atoms with E-state index in [-0.39, 0.29) is 46.7 Å². The molecule has 64 heavy (non-hydrogen) atoms. The zero-order valence-corrected chi connectivity index (χ0v) is 38.4. The SMILES string of the molecule is CC1OC(OC2CCC3(C)C(CCC4(C)C3C=CC3=C5CC(C)(C)CCC5(CO)C(O)CC34C)C2(C)CO)C(OC2OC(CO)C(O)C(O)C2OC2OCC(O)C(O)C2O)C(O)C1O. The number of ether oxygens (including phenoxy) is 6. The second kappa shape index (κ2) is 17.3. The summed E-state index contributed by atoms with van der Waals surface area (Å²) in [6.45, 7) is 13.6. The van der Waals surface area contributed by atoms with E-state index in [1.807, 2.05) is 6.92 Å². The van der Waals surface area contributed by atoms with Gasteiger partial charge in [0.15, 0.2) is 18.9 Å². The summed E-state index contributed by atoms with van der Waals surface area (Å²) in [7, 11) is 0. The van der Waals surface area contributed by atoms with Gasteiger partial charge in [0.25, 0.3) is 0 Å². The monoisotopic (exact) mass is 913 g/mol. The van der Waals surface area contributed by atoms with Crippen LogP contribution in [-0.2, 0) is 28.4 Å². The van der Waals surface area contributed by atoms with Gasteiger partial charge >= 0.3 is 0 Å². The van der Waals surface area contributed by atoms with Crippen LogP contribution in [0.4, 0.5) is 0 Å². The highest BCUT2D eigenvalue weighted by Crippen LogP contribution is 2.74. The van der Waals surface area contributed by atoms with Gasteiger partial charge < -0.3 is 84.6 Å². The first-order valence-corrected chi connectivity index (χ1v) is 23.6. The third-order valence-corrected chi connectivity index (χ3v) is 18.6. The number of fused-ring (bicyclic) bond motifs is 6. The van der Waals surface area contributed by atoms with Crippen molar-refractivity contribution >= 4 is 0 Å². The summed E-state index contributed by atoms with van der Waals surface area (Å²) in [5.41, 5.74) is 0.0615. The van der Waals surface area contributed by atoms with Crippen LogP contribution in [0.3, 0.4) is 0 Å². The molecular formula is C47H76O17. The second-order valence-electron chi connectivity index (χ2n) is 22.6. The molecule has 8 aliphatic rings. The molecule has 11 N–H and O–H groups in total. The average molecular weight is 913 g/mol. The van der Waals surface area contributed by atoms with Crippen LogP contribution in [0.15, 0.2) is 23.3 Å². The lowest BCUT2D eigenvalue weighted by Crippen LogP contribution is -2.67. The Morgan fingerprint density at radius 3 is 2.00 bits per heavy atom. The topological polar surface area (TPSA) is 278 Å². The van der Waals surface area contributed by atoms with Crippen LogP contribution in [0.1, 0.15) is 99.8 Å². The molecule has 3 saturated heterocycles. The predicted octanol–water partition coefficient (Wildman–Crippen LogP) is 0.144. The molecule has 0 aromatic carbocycles. The summed E-state index contributed by atoms with van der Waals surface area (Å²) in [5.74, 6) is 0.0121. The molecule has 8 rings (SSSR count). The summed E-state index contributed by atoms with van der Waals surface area (Å²) >= 11 is 0. The smallest absolute Gasteiger partial charge is 0.187 e. The van der Waals surface area contributed by atoms with Crippen LogP contribution in [-0.4, -0.2) is 181 Å². The second-order valence-corrected chi connectivity index (χ2v) is 22.6. The quantitative estimate of drug-likeness (QED) is 0.137. The lowest BCUT2D eigenvalue weighted by Gasteiger charge is -2.70. The van der Waals surface area contributed by atoms with E-state index in [0.717, 1.165) is 32.1 Å². The van der Waals surface area contributed by atoms with Gasteiger partial charge in [-0.3, -0.25) is 0 Å². The van der Waals surface area contributed by atoms with Gasteiger partial charge in [0.2, 0.25) is 0 Å². The van der Waals surface area contributed by atoms with Crippen LogP contribution in [0.25, 0.3) is 0 Å². The summed E-state index contributed by atoms with van der Waals surface area (Å²) in [4.78, 5) is 0. The van der Waals surface area contributed by atoms with Gasteiger partial charge in [-0.05, 0) is 91.9 Å². The Morgan fingerprint density at radius 1 is 0.688 bits per heavy atom. The molecule has 3 heterocycles. The zero-order chi connectivity index (χ0) is 46.7. The molecule has 366 valence electrons. The van der Waals surface area contributed by atoms with E-state index in [0.29, 0.717) is 19.3 Å². The van der Waals surface area contributed by atoms with Crippen LogP contribution in [0.2, 0.25) is 0 Å². The Kier molecular flexibility index (Phi) is 13.3. The minimum Gasteiger partial charge on any atom is -0.396 e. The zero-order valence-electron chi connectivity index (χ0n) is 38.4. The summed E-state index contributed by atoms with van der Waals surface area (Å²) < 4.78 is 36.5. The molecule has 0 radical (unpaired) electrons. The standard InChI is InChI=1S/C47H76O17/c1-22-31(53)34(56)37(64-41-38(35(57)33(55)26(18-48)61-41)63-39-36(58)32(54)25(51)19-59-39)40(60-22)62-30-11-12-43(4)27(44(30,5)20-49)10-13-45(6)28(43)9-8-23-24-16-42(2,3)14-15-47(24,21-50)29(52)17-46(23,45)7/h8-9,22,25-41,48-58H,10-21H2,1-7H3. The third kappa shape index (κ3) is 7.45. The van der Waals surface area contributed by atoms with Crippen molar-refractivity contribution in [2.45, 2.75) is 198 Å². The van der Waals surface area contributed by atoms with Crippen molar-refractivity contribution in [3.63, 3.8) is 0 Å². The van der Waals surface area contributed by atoms with Crippen LogP contribution in [0.5, 0.6) is 0 Å². The van der Waals surface area contributed by atoms with Crippen molar-refractivity contribution in [3.05, 3.63) is 23.3 Å². The number of rotatable bonds is 9. The maximum absolute atomic E-state index is 12.1. The van der Waals surface area contributed by atoms with Crippen LogP contribution >= 0.6 is 0 Å². The first-order chi connectivity index (χ1) is 30.0.